The van der Waals surface area contributed by atoms with E-state index < -0.39 is 34.3 Å². The van der Waals surface area contributed by atoms with Gasteiger partial charge in [-0.2, -0.15) is 0 Å². The molecular weight excluding hydrogens is 626 g/mol. The van der Waals surface area contributed by atoms with E-state index in [9.17, 15) is 37.1 Å². The van der Waals surface area contributed by atoms with Gasteiger partial charge in [-0.25, -0.2) is 26.8 Å². The Morgan fingerprint density at radius 3 is 1.60 bits per heavy atom. The predicted octanol–water partition coefficient (Wildman–Crippen LogP) is 0.588. The minimum absolute atomic E-state index is 0. The number of sulfone groups is 2. The number of aryl methyl sites for hydroxylation is 2. The van der Waals surface area contributed by atoms with Crippen molar-refractivity contribution < 1.29 is 57.7 Å². The van der Waals surface area contributed by atoms with Gasteiger partial charge in [-0.3, -0.25) is 20.2 Å². The number of aromatic nitrogens is 2. The molecule has 0 aromatic carbocycles. The molecule has 0 spiro atoms. The summed E-state index contributed by atoms with van der Waals surface area (Å²) in [5.74, 6) is -0.203. The fourth-order valence-corrected chi connectivity index (χ4v) is 3.61. The van der Waals surface area contributed by atoms with Gasteiger partial charge in [0.2, 0.25) is 0 Å². The van der Waals surface area contributed by atoms with Crippen molar-refractivity contribution in [3.05, 3.63) is 67.3 Å². The summed E-state index contributed by atoms with van der Waals surface area (Å²) in [7, 11) is -6.50. The second kappa shape index (κ2) is 14.5. The molecule has 2 heterocycles. The Balaban J connectivity index is -0.000000541. The summed E-state index contributed by atoms with van der Waals surface area (Å²) in [6, 6.07) is 5.28. The van der Waals surface area contributed by atoms with E-state index in [0.29, 0.717) is 11.4 Å². The third kappa shape index (κ3) is 11.1. The number of nitro groups is 2. The van der Waals surface area contributed by atoms with Crippen LogP contribution in [0.4, 0.5) is 11.4 Å². The molecule has 2 aromatic heterocycles. The van der Waals surface area contributed by atoms with Crippen molar-refractivity contribution in [1.29, 1.82) is 0 Å². The topological polar surface area (TPSA) is 180 Å². The molecule has 0 aliphatic rings. The van der Waals surface area contributed by atoms with Crippen LogP contribution in [-0.4, -0.2) is 54.1 Å². The number of rotatable bonds is 6. The van der Waals surface area contributed by atoms with Crippen LogP contribution in [0.2, 0.25) is 0 Å². The van der Waals surface area contributed by atoms with Gasteiger partial charge in [0.25, 0.3) is 11.4 Å². The molecular formula is C19H28IN4NaO8S2. The molecule has 0 saturated carbocycles. The van der Waals surface area contributed by atoms with Crippen molar-refractivity contribution in [2.45, 2.75) is 38.2 Å². The van der Waals surface area contributed by atoms with Crippen molar-refractivity contribution in [2.24, 2.45) is 0 Å². The van der Waals surface area contributed by atoms with Crippen molar-refractivity contribution in [2.75, 3.05) is 17.4 Å². The van der Waals surface area contributed by atoms with Crippen LogP contribution in [0.1, 0.15) is 38.0 Å². The standard InChI is InChI=1S/C10H14N2O4S.C8H10N2O4S.CH3I.Na.H/c1-7-8(12(13)14)5-6-9(11-7)10(2,3)17(4,15)16;1-6-8(10(11)12)4-3-7(9-6)5-15(2,13)14;1-2;;/h5-6H,1-4H3;3-4H,5H2,1-2H3;1H3;;/q;;;+1;-1. The summed E-state index contributed by atoms with van der Waals surface area (Å²) in [4.78, 5) is 29.8. The fourth-order valence-electron chi connectivity index (χ4n) is 2.42. The molecule has 16 heteroatoms. The van der Waals surface area contributed by atoms with Gasteiger partial charge in [0.15, 0.2) is 19.7 Å². The van der Waals surface area contributed by atoms with Gasteiger partial charge in [-0.15, -0.1) is 0 Å². The van der Waals surface area contributed by atoms with Crippen LogP contribution in [0.15, 0.2) is 24.3 Å². The second-order valence-corrected chi connectivity index (χ2v) is 12.3. The first-order chi connectivity index (χ1) is 15.4. The van der Waals surface area contributed by atoms with Crippen molar-refractivity contribution in [3.63, 3.8) is 0 Å². The number of hydrogen-bond donors (Lipinski definition) is 0. The average molecular weight is 654 g/mol. The molecule has 0 bridgehead atoms. The van der Waals surface area contributed by atoms with Gasteiger partial charge in [0.05, 0.1) is 27.0 Å². The summed E-state index contributed by atoms with van der Waals surface area (Å²) >= 11 is 2.15. The summed E-state index contributed by atoms with van der Waals surface area (Å²) in [5, 5.41) is 21.1. The Kier molecular flexibility index (Phi) is 14.8. The predicted molar refractivity (Wildman–Crippen MR) is 139 cm³/mol. The maximum absolute atomic E-state index is 11.6. The van der Waals surface area contributed by atoms with E-state index in [4.69, 9.17) is 0 Å². The van der Waals surface area contributed by atoms with Crippen LogP contribution in [0.5, 0.6) is 0 Å². The maximum atomic E-state index is 11.6. The zero-order valence-electron chi connectivity index (χ0n) is 21.8. The maximum Gasteiger partial charge on any atom is 1.00 e. The Labute approximate surface area is 242 Å². The first-order valence-corrected chi connectivity index (χ1v) is 15.5. The van der Waals surface area contributed by atoms with E-state index in [-0.39, 0.29) is 59.5 Å². The molecule has 12 nitrogen and oxygen atoms in total. The molecule has 0 aliphatic heterocycles. The van der Waals surface area contributed by atoms with E-state index in [2.05, 4.69) is 32.6 Å². The number of alkyl halides is 1. The summed E-state index contributed by atoms with van der Waals surface area (Å²) in [5.41, 5.74) is 0.847. The number of pyridine rings is 2. The first-order valence-electron chi connectivity index (χ1n) is 9.35. The summed E-state index contributed by atoms with van der Waals surface area (Å²) in [6.45, 7) is 6.01. The zero-order valence-corrected chi connectivity index (χ0v) is 26.6. The molecule has 0 saturated heterocycles. The minimum atomic E-state index is -3.34. The molecule has 192 valence electrons. The molecule has 35 heavy (non-hydrogen) atoms. The van der Waals surface area contributed by atoms with E-state index in [1.165, 1.54) is 52.0 Å². The SMILES string of the molecule is CI.Cc1nc(C(C)(C)S(C)(=O)=O)ccc1[N+](=O)[O-].Cc1nc(CS(C)(=O)=O)ccc1[N+](=O)[O-].[H-].[Na+]. The molecule has 2 rings (SSSR count). The van der Waals surface area contributed by atoms with E-state index in [1.54, 1.807) is 0 Å². The summed E-state index contributed by atoms with van der Waals surface area (Å²) < 4.78 is 44.0. The number of halogens is 1. The minimum Gasteiger partial charge on any atom is -1.00 e. The molecule has 0 fully saturated rings. The third-order valence-corrected chi connectivity index (χ3v) is 7.40. The number of hydrogen-bond acceptors (Lipinski definition) is 10. The van der Waals surface area contributed by atoms with Gasteiger partial charge in [-0.05, 0) is 44.8 Å². The van der Waals surface area contributed by atoms with E-state index in [0.717, 1.165) is 12.5 Å². The smallest absolute Gasteiger partial charge is 1.00 e. The van der Waals surface area contributed by atoms with Gasteiger partial charge in [0, 0.05) is 24.6 Å². The Morgan fingerprint density at radius 1 is 0.886 bits per heavy atom. The quantitative estimate of drug-likeness (QED) is 0.141. The molecule has 0 radical (unpaired) electrons. The number of nitrogens with zero attached hydrogens (tertiary/aromatic N) is 4. The van der Waals surface area contributed by atoms with Crippen LogP contribution in [0.25, 0.3) is 0 Å². The normalized spacial score (nSPS) is 11.1. The first kappa shape index (κ1) is 35.9. The Bertz CT molecular complexity index is 1280. The van der Waals surface area contributed by atoms with Crippen LogP contribution >= 0.6 is 22.6 Å². The fraction of sp³-hybridized carbons (Fsp3) is 0.474. The molecule has 0 N–H and O–H groups in total. The molecule has 0 amide bonds. The van der Waals surface area contributed by atoms with Crippen molar-refractivity contribution in [3.8, 4) is 0 Å². The second-order valence-electron chi connectivity index (χ2n) is 7.57. The molecule has 0 aliphatic carbocycles. The molecule has 2 aromatic rings. The van der Waals surface area contributed by atoms with Crippen LogP contribution < -0.4 is 29.6 Å². The van der Waals surface area contributed by atoms with Gasteiger partial charge in [0.1, 0.15) is 16.1 Å². The summed E-state index contributed by atoms with van der Waals surface area (Å²) in [6.07, 6.45) is 2.21. The Morgan fingerprint density at radius 2 is 1.29 bits per heavy atom. The van der Waals surface area contributed by atoms with Crippen molar-refractivity contribution >= 4 is 53.6 Å². The Hall–Kier alpha value is -1.27. The molecule has 0 unspecified atom stereocenters. The van der Waals surface area contributed by atoms with E-state index >= 15 is 0 Å². The average Bonchev–Trinajstić information content (AvgIpc) is 2.67. The monoisotopic (exact) mass is 654 g/mol. The van der Waals surface area contributed by atoms with Crippen molar-refractivity contribution in [1.82, 2.24) is 9.97 Å². The van der Waals surface area contributed by atoms with Gasteiger partial charge < -0.3 is 1.43 Å². The van der Waals surface area contributed by atoms with E-state index in [1.807, 2.05) is 4.93 Å². The largest absolute Gasteiger partial charge is 1.00 e. The third-order valence-electron chi connectivity index (χ3n) is 4.52. The van der Waals surface area contributed by atoms with Gasteiger partial charge in [-0.1, -0.05) is 22.6 Å². The zero-order chi connectivity index (χ0) is 27.1. The van der Waals surface area contributed by atoms with Gasteiger partial charge >= 0.3 is 29.6 Å². The van der Waals surface area contributed by atoms with Crippen LogP contribution in [0, 0.1) is 34.1 Å². The van der Waals surface area contributed by atoms with Crippen LogP contribution in [-0.2, 0) is 30.2 Å². The van der Waals surface area contributed by atoms with Crippen LogP contribution in [0.3, 0.4) is 0 Å². The molecule has 0 atom stereocenters.